The van der Waals surface area contributed by atoms with Crippen LogP contribution in [-0.2, 0) is 11.2 Å². The van der Waals surface area contributed by atoms with E-state index in [0.717, 1.165) is 15.6 Å². The van der Waals surface area contributed by atoms with E-state index in [9.17, 15) is 4.79 Å². The van der Waals surface area contributed by atoms with Gasteiger partial charge in [0.05, 0.1) is 34.5 Å². The SMILES string of the molecule is COc1ccc([C@H](Cc2cc(OC)c(OC)cc2Br)NC=O)cc1OC. The Morgan fingerprint density at radius 3 is 2.08 bits per heavy atom. The van der Waals surface area contributed by atoms with Crippen LogP contribution in [0.5, 0.6) is 23.0 Å². The van der Waals surface area contributed by atoms with Gasteiger partial charge in [0.1, 0.15) is 0 Å². The number of carbonyl (C=O) groups excluding carboxylic acids is 1. The van der Waals surface area contributed by atoms with Crippen LogP contribution in [0.25, 0.3) is 0 Å². The predicted molar refractivity (Wildman–Crippen MR) is 102 cm³/mol. The zero-order valence-electron chi connectivity index (χ0n) is 15.2. The Morgan fingerprint density at radius 2 is 1.50 bits per heavy atom. The van der Waals surface area contributed by atoms with Crippen molar-refractivity contribution < 1.29 is 23.7 Å². The number of nitrogens with one attached hydrogen (secondary N) is 1. The Kier molecular flexibility index (Phi) is 7.15. The van der Waals surface area contributed by atoms with E-state index in [-0.39, 0.29) is 6.04 Å². The Bertz CT molecular complexity index is 766. The summed E-state index contributed by atoms with van der Waals surface area (Å²) in [7, 11) is 6.34. The maximum atomic E-state index is 11.1. The van der Waals surface area contributed by atoms with Crippen LogP contribution in [0, 0.1) is 0 Å². The van der Waals surface area contributed by atoms with Crippen LogP contribution < -0.4 is 24.3 Å². The largest absolute Gasteiger partial charge is 0.493 e. The summed E-state index contributed by atoms with van der Waals surface area (Å²) in [5.74, 6) is 2.50. The average Bonchev–Trinajstić information content (AvgIpc) is 2.67. The lowest BCUT2D eigenvalue weighted by Gasteiger charge is -2.20. The van der Waals surface area contributed by atoms with E-state index in [1.54, 1.807) is 28.4 Å². The van der Waals surface area contributed by atoms with Crippen molar-refractivity contribution in [2.75, 3.05) is 28.4 Å². The first-order valence-corrected chi connectivity index (χ1v) is 8.69. The van der Waals surface area contributed by atoms with Gasteiger partial charge < -0.3 is 24.3 Å². The van der Waals surface area contributed by atoms with Gasteiger partial charge in [0.25, 0.3) is 0 Å². The maximum absolute atomic E-state index is 11.1. The molecular formula is C19H22BrNO5. The maximum Gasteiger partial charge on any atom is 0.207 e. The fourth-order valence-corrected chi connectivity index (χ4v) is 3.18. The van der Waals surface area contributed by atoms with E-state index in [2.05, 4.69) is 21.2 Å². The normalized spacial score (nSPS) is 11.4. The Morgan fingerprint density at radius 1 is 0.923 bits per heavy atom. The second-order valence-electron chi connectivity index (χ2n) is 5.45. The van der Waals surface area contributed by atoms with Gasteiger partial charge in [-0.15, -0.1) is 0 Å². The van der Waals surface area contributed by atoms with Gasteiger partial charge in [0.2, 0.25) is 6.41 Å². The van der Waals surface area contributed by atoms with Crippen molar-refractivity contribution in [2.45, 2.75) is 12.5 Å². The van der Waals surface area contributed by atoms with E-state index >= 15 is 0 Å². The van der Waals surface area contributed by atoms with Crippen LogP contribution in [-0.4, -0.2) is 34.8 Å². The molecule has 0 saturated heterocycles. The third kappa shape index (κ3) is 4.40. The highest BCUT2D eigenvalue weighted by molar-refractivity contribution is 9.10. The molecule has 0 heterocycles. The van der Waals surface area contributed by atoms with Gasteiger partial charge in [-0.05, 0) is 41.8 Å². The first-order valence-electron chi connectivity index (χ1n) is 7.89. The zero-order chi connectivity index (χ0) is 19.1. The number of hydrogen-bond donors (Lipinski definition) is 1. The fourth-order valence-electron chi connectivity index (χ4n) is 2.70. The number of ether oxygens (including phenoxy) is 4. The smallest absolute Gasteiger partial charge is 0.207 e. The first-order chi connectivity index (χ1) is 12.6. The van der Waals surface area contributed by atoms with Crippen LogP contribution in [0.15, 0.2) is 34.8 Å². The van der Waals surface area contributed by atoms with Gasteiger partial charge in [0.15, 0.2) is 23.0 Å². The molecular weight excluding hydrogens is 402 g/mol. The van der Waals surface area contributed by atoms with E-state index in [1.807, 2.05) is 30.3 Å². The summed E-state index contributed by atoms with van der Waals surface area (Å²) in [6.07, 6.45) is 1.24. The highest BCUT2D eigenvalue weighted by Crippen LogP contribution is 2.36. The summed E-state index contributed by atoms with van der Waals surface area (Å²) < 4.78 is 22.2. The summed E-state index contributed by atoms with van der Waals surface area (Å²) in [5, 5.41) is 2.86. The highest BCUT2D eigenvalue weighted by Gasteiger charge is 2.18. The van der Waals surface area contributed by atoms with E-state index in [0.29, 0.717) is 35.8 Å². The molecule has 0 saturated carbocycles. The molecule has 0 aliphatic rings. The summed E-state index contributed by atoms with van der Waals surface area (Å²) in [6.45, 7) is 0. The third-order valence-corrected chi connectivity index (χ3v) is 4.79. The Hall–Kier alpha value is -2.41. The number of rotatable bonds is 9. The summed E-state index contributed by atoms with van der Waals surface area (Å²) in [6, 6.07) is 9.06. The van der Waals surface area contributed by atoms with Crippen LogP contribution in [0.4, 0.5) is 0 Å². The number of benzene rings is 2. The molecule has 6 nitrogen and oxygen atoms in total. The molecule has 0 aliphatic carbocycles. The number of carbonyl (C=O) groups is 1. The Labute approximate surface area is 161 Å². The Balaban J connectivity index is 2.38. The molecule has 0 radical (unpaired) electrons. The molecule has 1 atom stereocenters. The van der Waals surface area contributed by atoms with Crippen molar-refractivity contribution in [1.82, 2.24) is 5.32 Å². The number of halogens is 1. The molecule has 0 aliphatic heterocycles. The van der Waals surface area contributed by atoms with Crippen LogP contribution >= 0.6 is 15.9 Å². The van der Waals surface area contributed by atoms with Gasteiger partial charge >= 0.3 is 0 Å². The van der Waals surface area contributed by atoms with Crippen LogP contribution in [0.3, 0.4) is 0 Å². The quantitative estimate of drug-likeness (QED) is 0.625. The molecule has 0 fully saturated rings. The average molecular weight is 424 g/mol. The molecule has 0 aromatic heterocycles. The highest BCUT2D eigenvalue weighted by atomic mass is 79.9. The zero-order valence-corrected chi connectivity index (χ0v) is 16.8. The van der Waals surface area contributed by atoms with Crippen molar-refractivity contribution in [2.24, 2.45) is 0 Å². The van der Waals surface area contributed by atoms with Gasteiger partial charge in [-0.2, -0.15) is 0 Å². The minimum atomic E-state index is -0.248. The summed E-state index contributed by atoms with van der Waals surface area (Å²) in [4.78, 5) is 11.1. The third-order valence-electron chi connectivity index (χ3n) is 4.06. The van der Waals surface area contributed by atoms with Crippen molar-refractivity contribution in [3.8, 4) is 23.0 Å². The van der Waals surface area contributed by atoms with E-state index in [4.69, 9.17) is 18.9 Å². The molecule has 0 unspecified atom stereocenters. The van der Waals surface area contributed by atoms with Gasteiger partial charge in [-0.1, -0.05) is 22.0 Å². The van der Waals surface area contributed by atoms with Crippen molar-refractivity contribution in [3.05, 3.63) is 45.9 Å². The van der Waals surface area contributed by atoms with Gasteiger partial charge in [-0.25, -0.2) is 0 Å². The van der Waals surface area contributed by atoms with Crippen LogP contribution in [0.2, 0.25) is 0 Å². The standard InChI is InChI=1S/C19H22BrNO5/c1-23-16-6-5-12(8-17(16)24-2)15(21-11-22)7-13-9-18(25-3)19(26-4)10-14(13)20/h5-6,8-11,15H,7H2,1-4H3,(H,21,22)/t15-/m0/s1. The molecule has 0 spiro atoms. The lowest BCUT2D eigenvalue weighted by molar-refractivity contribution is -0.110. The lowest BCUT2D eigenvalue weighted by Crippen LogP contribution is -2.22. The molecule has 26 heavy (non-hydrogen) atoms. The van der Waals surface area contributed by atoms with E-state index in [1.165, 1.54) is 0 Å². The van der Waals surface area contributed by atoms with Crippen LogP contribution in [0.1, 0.15) is 17.2 Å². The lowest BCUT2D eigenvalue weighted by atomic mass is 9.98. The number of methoxy groups -OCH3 is 4. The van der Waals surface area contributed by atoms with Crippen molar-refractivity contribution in [1.29, 1.82) is 0 Å². The van der Waals surface area contributed by atoms with Crippen molar-refractivity contribution in [3.63, 3.8) is 0 Å². The number of hydrogen-bond acceptors (Lipinski definition) is 5. The molecule has 0 bridgehead atoms. The second kappa shape index (κ2) is 9.33. The predicted octanol–water partition coefficient (Wildman–Crippen LogP) is 3.51. The molecule has 2 aromatic rings. The minimum absolute atomic E-state index is 0.248. The first kappa shape index (κ1) is 19.9. The molecule has 2 aromatic carbocycles. The summed E-state index contributed by atoms with van der Waals surface area (Å²) in [5.41, 5.74) is 1.87. The van der Waals surface area contributed by atoms with Crippen molar-refractivity contribution >= 4 is 22.3 Å². The monoisotopic (exact) mass is 423 g/mol. The van der Waals surface area contributed by atoms with E-state index < -0.39 is 0 Å². The topological polar surface area (TPSA) is 66.0 Å². The number of amides is 1. The fraction of sp³-hybridized carbons (Fsp3) is 0.316. The minimum Gasteiger partial charge on any atom is -0.493 e. The molecule has 1 N–H and O–H groups in total. The second-order valence-corrected chi connectivity index (χ2v) is 6.31. The molecule has 140 valence electrons. The summed E-state index contributed by atoms with van der Waals surface area (Å²) >= 11 is 3.56. The van der Waals surface area contributed by atoms with Gasteiger partial charge in [0, 0.05) is 4.47 Å². The van der Waals surface area contributed by atoms with Gasteiger partial charge in [-0.3, -0.25) is 4.79 Å². The molecule has 2 rings (SSSR count). The molecule has 7 heteroatoms. The molecule has 1 amide bonds.